The summed E-state index contributed by atoms with van der Waals surface area (Å²) in [7, 11) is 0. The van der Waals surface area contributed by atoms with Crippen LogP contribution in [0.1, 0.15) is 45.1 Å². The van der Waals surface area contributed by atoms with E-state index >= 15 is 0 Å². The van der Waals surface area contributed by atoms with Crippen LogP contribution in [0.25, 0.3) is 0 Å². The summed E-state index contributed by atoms with van der Waals surface area (Å²) in [5.41, 5.74) is 1.20. The van der Waals surface area contributed by atoms with Gasteiger partial charge < -0.3 is 14.8 Å². The number of morpholine rings is 1. The van der Waals surface area contributed by atoms with Gasteiger partial charge in [0.2, 0.25) is 5.91 Å². The molecule has 5 nitrogen and oxygen atoms in total. The standard InChI is InChI=1S/C21H34N2O3/c1-17-8-6-9-20(14-17)25-13-5-4-10-21(24)22-11-7-12-23-15-18(2)26-19(3)16-23/h6,8-9,14,18-19H,4-5,7,10-13,15-16H2,1-3H3,(H,22,24). The van der Waals surface area contributed by atoms with Crippen LogP contribution in [0.15, 0.2) is 24.3 Å². The number of aryl methyl sites for hydroxylation is 1. The third kappa shape index (κ3) is 8.19. The molecule has 26 heavy (non-hydrogen) atoms. The molecule has 1 aromatic carbocycles. The van der Waals surface area contributed by atoms with Crippen molar-refractivity contribution in [3.63, 3.8) is 0 Å². The highest BCUT2D eigenvalue weighted by Crippen LogP contribution is 2.13. The van der Waals surface area contributed by atoms with Crippen LogP contribution in [0.4, 0.5) is 0 Å². The zero-order chi connectivity index (χ0) is 18.8. The van der Waals surface area contributed by atoms with Gasteiger partial charge in [0.1, 0.15) is 5.75 Å². The largest absolute Gasteiger partial charge is 0.494 e. The first-order valence-electron chi connectivity index (χ1n) is 9.87. The van der Waals surface area contributed by atoms with Crippen molar-refractivity contribution in [1.29, 1.82) is 0 Å². The number of amides is 1. The highest BCUT2D eigenvalue weighted by molar-refractivity contribution is 5.75. The minimum atomic E-state index is 0.143. The van der Waals surface area contributed by atoms with Crippen molar-refractivity contribution in [3.8, 4) is 5.75 Å². The molecule has 2 rings (SSSR count). The van der Waals surface area contributed by atoms with Crippen molar-refractivity contribution in [3.05, 3.63) is 29.8 Å². The van der Waals surface area contributed by atoms with E-state index in [2.05, 4.69) is 37.1 Å². The molecular formula is C21H34N2O3. The summed E-state index contributed by atoms with van der Waals surface area (Å²) >= 11 is 0. The van der Waals surface area contributed by atoms with E-state index in [0.29, 0.717) is 25.2 Å². The van der Waals surface area contributed by atoms with Gasteiger partial charge in [-0.2, -0.15) is 0 Å². The molecule has 146 valence electrons. The molecule has 0 saturated carbocycles. The average molecular weight is 363 g/mol. The predicted octanol–water partition coefficient (Wildman–Crippen LogP) is 3.16. The van der Waals surface area contributed by atoms with Crippen LogP contribution in [-0.4, -0.2) is 55.8 Å². The number of nitrogens with zero attached hydrogens (tertiary/aromatic N) is 1. The van der Waals surface area contributed by atoms with Crippen molar-refractivity contribution in [2.24, 2.45) is 0 Å². The Morgan fingerprint density at radius 1 is 1.23 bits per heavy atom. The molecular weight excluding hydrogens is 328 g/mol. The van der Waals surface area contributed by atoms with Crippen molar-refractivity contribution in [2.75, 3.05) is 32.8 Å². The molecule has 1 amide bonds. The maximum absolute atomic E-state index is 11.9. The number of ether oxygens (including phenoxy) is 2. The molecule has 1 aliphatic rings. The number of hydrogen-bond donors (Lipinski definition) is 1. The van der Waals surface area contributed by atoms with Crippen LogP contribution < -0.4 is 10.1 Å². The minimum Gasteiger partial charge on any atom is -0.494 e. The van der Waals surface area contributed by atoms with Gasteiger partial charge in [-0.1, -0.05) is 12.1 Å². The van der Waals surface area contributed by atoms with Crippen molar-refractivity contribution in [2.45, 2.75) is 58.7 Å². The molecule has 1 saturated heterocycles. The highest BCUT2D eigenvalue weighted by atomic mass is 16.5. The summed E-state index contributed by atoms with van der Waals surface area (Å²) in [6, 6.07) is 8.05. The molecule has 2 unspecified atom stereocenters. The summed E-state index contributed by atoms with van der Waals surface area (Å²) in [4.78, 5) is 14.3. The van der Waals surface area contributed by atoms with Gasteiger partial charge in [-0.3, -0.25) is 9.69 Å². The number of rotatable bonds is 10. The normalized spacial score (nSPS) is 20.7. The van der Waals surface area contributed by atoms with Crippen molar-refractivity contribution in [1.82, 2.24) is 10.2 Å². The Kier molecular flexibility index (Phi) is 8.92. The first kappa shape index (κ1) is 20.7. The first-order valence-corrected chi connectivity index (χ1v) is 9.87. The fourth-order valence-electron chi connectivity index (χ4n) is 3.37. The van der Waals surface area contributed by atoms with Gasteiger partial charge in [0, 0.05) is 32.6 Å². The van der Waals surface area contributed by atoms with Crippen LogP contribution in [0.5, 0.6) is 5.75 Å². The summed E-state index contributed by atoms with van der Waals surface area (Å²) in [6.45, 7) is 10.7. The lowest BCUT2D eigenvalue weighted by atomic mass is 10.2. The topological polar surface area (TPSA) is 50.8 Å². The Bertz CT molecular complexity index is 540. The molecule has 0 aromatic heterocycles. The van der Waals surface area contributed by atoms with Gasteiger partial charge in [0.15, 0.2) is 0 Å². The van der Waals surface area contributed by atoms with Crippen molar-refractivity contribution < 1.29 is 14.3 Å². The lowest BCUT2D eigenvalue weighted by Gasteiger charge is -2.35. The number of nitrogens with one attached hydrogen (secondary N) is 1. The second kappa shape index (κ2) is 11.2. The molecule has 2 atom stereocenters. The van der Waals surface area contributed by atoms with E-state index < -0.39 is 0 Å². The smallest absolute Gasteiger partial charge is 0.219 e. The first-order chi connectivity index (χ1) is 12.5. The van der Waals surface area contributed by atoms with Gasteiger partial charge in [0.05, 0.1) is 18.8 Å². The van der Waals surface area contributed by atoms with Crippen LogP contribution in [0, 0.1) is 6.92 Å². The second-order valence-electron chi connectivity index (χ2n) is 7.34. The van der Waals surface area contributed by atoms with E-state index in [1.54, 1.807) is 0 Å². The molecule has 1 N–H and O–H groups in total. The number of carbonyl (C=O) groups is 1. The highest BCUT2D eigenvalue weighted by Gasteiger charge is 2.21. The zero-order valence-corrected chi connectivity index (χ0v) is 16.5. The molecule has 1 aliphatic heterocycles. The fourth-order valence-corrected chi connectivity index (χ4v) is 3.37. The van der Waals surface area contributed by atoms with Crippen LogP contribution in [0.3, 0.4) is 0 Å². The Balaban J connectivity index is 1.46. The van der Waals surface area contributed by atoms with E-state index in [4.69, 9.17) is 9.47 Å². The van der Waals surface area contributed by atoms with Gasteiger partial charge in [-0.15, -0.1) is 0 Å². The minimum absolute atomic E-state index is 0.143. The number of hydrogen-bond acceptors (Lipinski definition) is 4. The van der Waals surface area contributed by atoms with Crippen LogP contribution >= 0.6 is 0 Å². The predicted molar refractivity (Wildman–Crippen MR) is 105 cm³/mol. The molecule has 1 aromatic rings. The van der Waals surface area contributed by atoms with E-state index in [-0.39, 0.29) is 5.91 Å². The molecule has 0 spiro atoms. The molecule has 0 aliphatic carbocycles. The van der Waals surface area contributed by atoms with E-state index in [9.17, 15) is 4.79 Å². The number of unbranched alkanes of at least 4 members (excludes halogenated alkanes) is 1. The SMILES string of the molecule is Cc1cccc(OCCCCC(=O)NCCCN2CC(C)OC(C)C2)c1. The summed E-state index contributed by atoms with van der Waals surface area (Å²) in [5.74, 6) is 1.05. The third-order valence-corrected chi connectivity index (χ3v) is 4.52. The monoisotopic (exact) mass is 362 g/mol. The van der Waals surface area contributed by atoms with Gasteiger partial charge in [0.25, 0.3) is 0 Å². The van der Waals surface area contributed by atoms with E-state index in [1.807, 2.05) is 18.2 Å². The quantitative estimate of drug-likeness (QED) is 0.650. The number of benzene rings is 1. The maximum Gasteiger partial charge on any atom is 0.219 e. The average Bonchev–Trinajstić information content (AvgIpc) is 2.58. The molecule has 0 radical (unpaired) electrons. The zero-order valence-electron chi connectivity index (χ0n) is 16.5. The third-order valence-electron chi connectivity index (χ3n) is 4.52. The maximum atomic E-state index is 11.9. The molecule has 1 fully saturated rings. The van der Waals surface area contributed by atoms with Crippen LogP contribution in [-0.2, 0) is 9.53 Å². The Labute approximate surface area is 158 Å². The summed E-state index contributed by atoms with van der Waals surface area (Å²) in [6.07, 6.45) is 3.91. The number of carbonyl (C=O) groups excluding carboxylic acids is 1. The lowest BCUT2D eigenvalue weighted by Crippen LogP contribution is -2.46. The summed E-state index contributed by atoms with van der Waals surface area (Å²) in [5, 5.41) is 3.02. The van der Waals surface area contributed by atoms with Gasteiger partial charge in [-0.05, 0) is 57.7 Å². The Morgan fingerprint density at radius 3 is 2.73 bits per heavy atom. The lowest BCUT2D eigenvalue weighted by molar-refractivity contribution is -0.121. The van der Waals surface area contributed by atoms with E-state index in [0.717, 1.165) is 51.2 Å². The second-order valence-corrected chi connectivity index (χ2v) is 7.34. The molecule has 5 heteroatoms. The van der Waals surface area contributed by atoms with Gasteiger partial charge >= 0.3 is 0 Å². The van der Waals surface area contributed by atoms with Gasteiger partial charge in [-0.25, -0.2) is 0 Å². The van der Waals surface area contributed by atoms with Crippen molar-refractivity contribution >= 4 is 5.91 Å². The molecule has 0 bridgehead atoms. The Hall–Kier alpha value is -1.59. The van der Waals surface area contributed by atoms with E-state index in [1.165, 1.54) is 5.56 Å². The Morgan fingerprint density at radius 2 is 2.00 bits per heavy atom. The molecule has 1 heterocycles. The summed E-state index contributed by atoms with van der Waals surface area (Å²) < 4.78 is 11.4. The fraction of sp³-hybridized carbons (Fsp3) is 0.667. The van der Waals surface area contributed by atoms with Crippen LogP contribution in [0.2, 0.25) is 0 Å².